The van der Waals surface area contributed by atoms with Crippen LogP contribution in [0.2, 0.25) is 0 Å². The average molecular weight is 219 g/mol. The molecule has 15 heavy (non-hydrogen) atoms. The molecule has 0 atom stereocenters. The summed E-state index contributed by atoms with van der Waals surface area (Å²) in [6.45, 7) is 0.774. The molecule has 0 saturated carbocycles. The SMILES string of the molecule is COCCc1ccc(-c2cscn2)cc1. The van der Waals surface area contributed by atoms with E-state index < -0.39 is 0 Å². The van der Waals surface area contributed by atoms with Gasteiger partial charge in [0.2, 0.25) is 0 Å². The minimum atomic E-state index is 0.774. The van der Waals surface area contributed by atoms with E-state index in [1.807, 2.05) is 5.51 Å². The summed E-state index contributed by atoms with van der Waals surface area (Å²) in [6, 6.07) is 8.49. The molecule has 2 nitrogen and oxygen atoms in total. The number of ether oxygens (including phenoxy) is 1. The van der Waals surface area contributed by atoms with Crippen LogP contribution in [0.15, 0.2) is 35.2 Å². The van der Waals surface area contributed by atoms with E-state index in [0.29, 0.717) is 0 Å². The quantitative estimate of drug-likeness (QED) is 0.788. The molecular weight excluding hydrogens is 206 g/mol. The highest BCUT2D eigenvalue weighted by molar-refractivity contribution is 7.07. The number of benzene rings is 1. The maximum Gasteiger partial charge on any atom is 0.0811 e. The third kappa shape index (κ3) is 2.64. The van der Waals surface area contributed by atoms with Gasteiger partial charge >= 0.3 is 0 Å². The lowest BCUT2D eigenvalue weighted by Gasteiger charge is -2.01. The molecule has 0 amide bonds. The first-order valence-electron chi connectivity index (χ1n) is 4.86. The van der Waals surface area contributed by atoms with Crippen LogP contribution in [-0.4, -0.2) is 18.7 Å². The van der Waals surface area contributed by atoms with Crippen LogP contribution in [0.3, 0.4) is 0 Å². The summed E-state index contributed by atoms with van der Waals surface area (Å²) in [4.78, 5) is 4.27. The van der Waals surface area contributed by atoms with Crippen LogP contribution in [0, 0.1) is 0 Å². The maximum atomic E-state index is 5.04. The van der Waals surface area contributed by atoms with Crippen molar-refractivity contribution in [3.8, 4) is 11.3 Å². The Morgan fingerprint density at radius 1 is 1.27 bits per heavy atom. The fourth-order valence-corrected chi connectivity index (χ4v) is 1.98. The van der Waals surface area contributed by atoms with E-state index in [2.05, 4.69) is 34.6 Å². The normalized spacial score (nSPS) is 10.5. The highest BCUT2D eigenvalue weighted by atomic mass is 32.1. The van der Waals surface area contributed by atoms with Crippen molar-refractivity contribution in [3.63, 3.8) is 0 Å². The number of hydrogen-bond acceptors (Lipinski definition) is 3. The van der Waals surface area contributed by atoms with Gasteiger partial charge in [-0.2, -0.15) is 0 Å². The van der Waals surface area contributed by atoms with Gasteiger partial charge in [0, 0.05) is 18.1 Å². The lowest BCUT2D eigenvalue weighted by atomic mass is 10.1. The maximum absolute atomic E-state index is 5.04. The van der Waals surface area contributed by atoms with Crippen LogP contribution in [-0.2, 0) is 11.2 Å². The van der Waals surface area contributed by atoms with Crippen molar-refractivity contribution >= 4 is 11.3 Å². The predicted octanol–water partition coefficient (Wildman–Crippen LogP) is 3.00. The topological polar surface area (TPSA) is 22.1 Å². The van der Waals surface area contributed by atoms with Crippen LogP contribution in [0.1, 0.15) is 5.56 Å². The lowest BCUT2D eigenvalue weighted by Crippen LogP contribution is -1.93. The Hall–Kier alpha value is -1.19. The average Bonchev–Trinajstić information content (AvgIpc) is 2.80. The second-order valence-corrected chi connectivity index (χ2v) is 4.03. The van der Waals surface area contributed by atoms with Crippen LogP contribution in [0.5, 0.6) is 0 Å². The van der Waals surface area contributed by atoms with Gasteiger partial charge in [-0.25, -0.2) is 4.98 Å². The smallest absolute Gasteiger partial charge is 0.0811 e. The molecule has 0 aliphatic heterocycles. The molecule has 78 valence electrons. The molecule has 3 heteroatoms. The highest BCUT2D eigenvalue weighted by Gasteiger charge is 1.99. The van der Waals surface area contributed by atoms with E-state index in [-0.39, 0.29) is 0 Å². The van der Waals surface area contributed by atoms with Crippen LogP contribution in [0.4, 0.5) is 0 Å². The highest BCUT2D eigenvalue weighted by Crippen LogP contribution is 2.19. The minimum Gasteiger partial charge on any atom is -0.384 e. The largest absolute Gasteiger partial charge is 0.384 e. The molecule has 0 spiro atoms. The molecule has 0 bridgehead atoms. The van der Waals surface area contributed by atoms with E-state index in [1.165, 1.54) is 11.1 Å². The van der Waals surface area contributed by atoms with Crippen molar-refractivity contribution in [1.29, 1.82) is 0 Å². The van der Waals surface area contributed by atoms with Crippen molar-refractivity contribution < 1.29 is 4.74 Å². The third-order valence-corrected chi connectivity index (χ3v) is 2.86. The third-order valence-electron chi connectivity index (χ3n) is 2.28. The fraction of sp³-hybridized carbons (Fsp3) is 0.250. The Balaban J connectivity index is 2.11. The molecule has 1 heterocycles. The Kier molecular flexibility index (Phi) is 3.48. The number of rotatable bonds is 4. The van der Waals surface area contributed by atoms with Crippen molar-refractivity contribution in [1.82, 2.24) is 4.98 Å². The molecule has 0 saturated heterocycles. The van der Waals surface area contributed by atoms with Crippen LogP contribution >= 0.6 is 11.3 Å². The van der Waals surface area contributed by atoms with Crippen LogP contribution < -0.4 is 0 Å². The van der Waals surface area contributed by atoms with E-state index in [9.17, 15) is 0 Å². The van der Waals surface area contributed by atoms with Gasteiger partial charge in [0.25, 0.3) is 0 Å². The van der Waals surface area contributed by atoms with Crippen LogP contribution in [0.25, 0.3) is 11.3 Å². The summed E-state index contributed by atoms with van der Waals surface area (Å²) in [5.41, 5.74) is 5.39. The number of methoxy groups -OCH3 is 1. The summed E-state index contributed by atoms with van der Waals surface area (Å²) in [5, 5.41) is 2.06. The molecular formula is C12H13NOS. The Bertz CT molecular complexity index is 394. The molecule has 0 unspecified atom stereocenters. The van der Waals surface area contributed by atoms with Gasteiger partial charge < -0.3 is 4.74 Å². The Morgan fingerprint density at radius 3 is 2.67 bits per heavy atom. The first kappa shape index (κ1) is 10.3. The van der Waals surface area contributed by atoms with Gasteiger partial charge in [-0.15, -0.1) is 11.3 Å². The van der Waals surface area contributed by atoms with E-state index in [4.69, 9.17) is 4.74 Å². The second-order valence-electron chi connectivity index (χ2n) is 3.31. The molecule has 2 aromatic rings. The van der Waals surface area contributed by atoms with E-state index in [1.54, 1.807) is 18.4 Å². The summed E-state index contributed by atoms with van der Waals surface area (Å²) < 4.78 is 5.04. The summed E-state index contributed by atoms with van der Waals surface area (Å²) in [7, 11) is 1.73. The number of hydrogen-bond donors (Lipinski definition) is 0. The minimum absolute atomic E-state index is 0.774. The summed E-state index contributed by atoms with van der Waals surface area (Å²) in [6.07, 6.45) is 0.966. The molecule has 1 aromatic heterocycles. The molecule has 2 rings (SSSR count). The number of aromatic nitrogens is 1. The van der Waals surface area contributed by atoms with Gasteiger partial charge in [0.1, 0.15) is 0 Å². The van der Waals surface area contributed by atoms with Crippen molar-refractivity contribution in [2.75, 3.05) is 13.7 Å². The van der Waals surface area contributed by atoms with Gasteiger partial charge in [0.05, 0.1) is 17.8 Å². The zero-order chi connectivity index (χ0) is 10.5. The fourth-order valence-electron chi connectivity index (χ4n) is 1.42. The van der Waals surface area contributed by atoms with E-state index in [0.717, 1.165) is 18.7 Å². The summed E-state index contributed by atoms with van der Waals surface area (Å²) in [5.74, 6) is 0. The van der Waals surface area contributed by atoms with E-state index >= 15 is 0 Å². The standard InChI is InChI=1S/C12H13NOS/c1-14-7-6-10-2-4-11(5-3-10)12-8-15-9-13-12/h2-5,8-9H,6-7H2,1H3. The predicted molar refractivity (Wildman–Crippen MR) is 63.1 cm³/mol. The zero-order valence-corrected chi connectivity index (χ0v) is 9.46. The monoisotopic (exact) mass is 219 g/mol. The number of nitrogens with zero attached hydrogens (tertiary/aromatic N) is 1. The Labute approximate surface area is 93.6 Å². The van der Waals surface area contributed by atoms with Crippen molar-refractivity contribution in [3.05, 3.63) is 40.7 Å². The Morgan fingerprint density at radius 2 is 2.07 bits per heavy atom. The second kappa shape index (κ2) is 5.05. The number of thiazole rings is 1. The molecule has 0 aliphatic carbocycles. The molecule has 0 aliphatic rings. The molecule has 1 aromatic carbocycles. The zero-order valence-electron chi connectivity index (χ0n) is 8.64. The van der Waals surface area contributed by atoms with Gasteiger partial charge in [0.15, 0.2) is 0 Å². The van der Waals surface area contributed by atoms with Gasteiger partial charge in [-0.3, -0.25) is 0 Å². The molecule has 0 N–H and O–H groups in total. The summed E-state index contributed by atoms with van der Waals surface area (Å²) >= 11 is 1.62. The molecule has 0 fully saturated rings. The van der Waals surface area contributed by atoms with Crippen molar-refractivity contribution in [2.24, 2.45) is 0 Å². The van der Waals surface area contributed by atoms with Gasteiger partial charge in [-0.1, -0.05) is 24.3 Å². The first-order valence-corrected chi connectivity index (χ1v) is 5.81. The lowest BCUT2D eigenvalue weighted by molar-refractivity contribution is 0.202. The first-order chi connectivity index (χ1) is 7.40. The van der Waals surface area contributed by atoms with Gasteiger partial charge in [-0.05, 0) is 12.0 Å². The molecule has 0 radical (unpaired) electrons. The van der Waals surface area contributed by atoms with Crippen molar-refractivity contribution in [2.45, 2.75) is 6.42 Å².